The number of nitrogens with zero attached hydrogens (tertiary/aromatic N) is 2. The number of halogens is 2. The number of fused-ring (bicyclic) bond motifs is 3. The number of aromatic nitrogens is 2. The third-order valence-corrected chi connectivity index (χ3v) is 9.77. The highest BCUT2D eigenvalue weighted by Crippen LogP contribution is 2.51. The van der Waals surface area contributed by atoms with E-state index in [0.29, 0.717) is 12.0 Å². The molecule has 0 bridgehead atoms. The van der Waals surface area contributed by atoms with Crippen molar-refractivity contribution in [1.29, 1.82) is 0 Å². The van der Waals surface area contributed by atoms with Crippen LogP contribution in [0.2, 0.25) is 0 Å². The van der Waals surface area contributed by atoms with Crippen molar-refractivity contribution in [3.63, 3.8) is 0 Å². The molecule has 3 N–H and O–H groups in total. The van der Waals surface area contributed by atoms with Crippen molar-refractivity contribution in [3.05, 3.63) is 88.6 Å². The molecule has 2 aromatic carbocycles. The molecule has 2 saturated heterocycles. The number of hydrogen-bond acceptors (Lipinski definition) is 7. The molecule has 2 atom stereocenters. The first-order valence-corrected chi connectivity index (χ1v) is 15.4. The highest BCUT2D eigenvalue weighted by Gasteiger charge is 2.57. The smallest absolute Gasteiger partial charge is 0.299 e. The first kappa shape index (κ1) is 29.3. The van der Waals surface area contributed by atoms with E-state index in [1.165, 1.54) is 40.5 Å². The van der Waals surface area contributed by atoms with Gasteiger partial charge >= 0.3 is 0 Å². The first-order chi connectivity index (χ1) is 21.7. The lowest BCUT2D eigenvalue weighted by molar-refractivity contribution is -0.183. The second-order valence-electron chi connectivity index (χ2n) is 11.2. The van der Waals surface area contributed by atoms with Crippen molar-refractivity contribution in [2.45, 2.75) is 37.1 Å². The predicted octanol–water partition coefficient (Wildman–Crippen LogP) is 4.21. The van der Waals surface area contributed by atoms with E-state index in [4.69, 9.17) is 9.47 Å². The van der Waals surface area contributed by atoms with Crippen molar-refractivity contribution in [2.75, 3.05) is 26.3 Å². The van der Waals surface area contributed by atoms with Crippen LogP contribution >= 0.6 is 11.3 Å². The number of benzene rings is 2. The fraction of sp³-hybridized carbons (Fsp3) is 0.312. The quantitative estimate of drug-likeness (QED) is 0.280. The van der Waals surface area contributed by atoms with Crippen LogP contribution in [0.5, 0.6) is 0 Å². The van der Waals surface area contributed by atoms with Crippen LogP contribution in [0.1, 0.15) is 45.7 Å². The molecule has 0 radical (unpaired) electrons. The molecule has 232 valence electrons. The molecule has 2 aromatic heterocycles. The molecule has 2 aliphatic heterocycles. The Morgan fingerprint density at radius 2 is 1.87 bits per heavy atom. The number of H-pyrrole nitrogens is 1. The van der Waals surface area contributed by atoms with E-state index >= 15 is 0 Å². The average molecular weight is 634 g/mol. The minimum absolute atomic E-state index is 0.109. The number of imidazole rings is 1. The van der Waals surface area contributed by atoms with Crippen LogP contribution in [0.4, 0.5) is 8.78 Å². The molecular weight excluding hydrogens is 604 g/mol. The largest absolute Gasteiger partial charge is 0.347 e. The van der Waals surface area contributed by atoms with Crippen LogP contribution in [0.3, 0.4) is 0 Å². The highest BCUT2D eigenvalue weighted by molar-refractivity contribution is 7.15. The van der Waals surface area contributed by atoms with Crippen molar-refractivity contribution >= 4 is 29.1 Å². The van der Waals surface area contributed by atoms with Crippen LogP contribution in [-0.4, -0.2) is 70.7 Å². The normalized spacial score (nSPS) is 19.7. The summed E-state index contributed by atoms with van der Waals surface area (Å²) >= 11 is 1.49. The van der Waals surface area contributed by atoms with Gasteiger partial charge in [-0.2, -0.15) is 8.78 Å². The summed E-state index contributed by atoms with van der Waals surface area (Å²) in [4.78, 5) is 50.8. The Labute approximate surface area is 260 Å². The number of alkyl halides is 2. The zero-order valence-electron chi connectivity index (χ0n) is 24.1. The molecule has 7 rings (SSSR count). The highest BCUT2D eigenvalue weighted by atomic mass is 32.1. The van der Waals surface area contributed by atoms with Gasteiger partial charge in [0.2, 0.25) is 11.8 Å². The predicted molar refractivity (Wildman–Crippen MR) is 160 cm³/mol. The van der Waals surface area contributed by atoms with Crippen LogP contribution in [0.15, 0.2) is 67.0 Å². The molecule has 10 nitrogen and oxygen atoms in total. The van der Waals surface area contributed by atoms with Gasteiger partial charge in [0, 0.05) is 46.9 Å². The maximum atomic E-state index is 14.9. The molecule has 1 aliphatic carbocycles. The van der Waals surface area contributed by atoms with Gasteiger partial charge in [-0.15, -0.1) is 11.3 Å². The average Bonchev–Trinajstić information content (AvgIpc) is 3.88. The topological polar surface area (TPSA) is 126 Å². The van der Waals surface area contributed by atoms with Crippen molar-refractivity contribution < 1.29 is 32.6 Å². The lowest BCUT2D eigenvalue weighted by Crippen LogP contribution is -2.57. The van der Waals surface area contributed by atoms with Gasteiger partial charge in [0.1, 0.15) is 5.82 Å². The zero-order valence-corrected chi connectivity index (χ0v) is 25.0. The molecule has 13 heteroatoms. The first-order valence-electron chi connectivity index (χ1n) is 14.6. The van der Waals surface area contributed by atoms with Crippen LogP contribution in [0, 0.1) is 0 Å². The van der Waals surface area contributed by atoms with Gasteiger partial charge in [-0.25, -0.2) is 4.98 Å². The van der Waals surface area contributed by atoms with E-state index < -0.39 is 42.0 Å². The summed E-state index contributed by atoms with van der Waals surface area (Å²) in [5.74, 6) is -5.24. The van der Waals surface area contributed by atoms with E-state index in [9.17, 15) is 23.2 Å². The summed E-state index contributed by atoms with van der Waals surface area (Å²) in [5, 5.41) is 5.59. The van der Waals surface area contributed by atoms with Gasteiger partial charge in [0.25, 0.3) is 11.8 Å². The second kappa shape index (κ2) is 11.2. The van der Waals surface area contributed by atoms with Gasteiger partial charge in [0.15, 0.2) is 11.8 Å². The summed E-state index contributed by atoms with van der Waals surface area (Å²) in [5.41, 5.74) is 0.507. The number of thiophene rings is 1. The molecule has 0 unspecified atom stereocenters. The van der Waals surface area contributed by atoms with E-state index in [0.717, 1.165) is 15.6 Å². The van der Waals surface area contributed by atoms with Crippen LogP contribution < -0.4 is 10.6 Å². The molecule has 4 heterocycles. The van der Waals surface area contributed by atoms with Gasteiger partial charge in [-0.05, 0) is 42.3 Å². The Morgan fingerprint density at radius 1 is 1.09 bits per heavy atom. The Morgan fingerprint density at radius 3 is 2.64 bits per heavy atom. The summed E-state index contributed by atoms with van der Waals surface area (Å²) in [6, 6.07) is 12.6. The molecule has 0 saturated carbocycles. The number of amides is 3. The standard InChI is InChI=1S/C32H29F2N5O5S/c1-18(24-8-9-25(45-24)28-35-11-12-36-28)38-30(42)27-31(43-14-15-44-31)10-13-39(27)26(40)17-37-29(41)19-6-7-23-21(16-19)20-4-2-3-5-22(20)32(23,33)34/h2-9,11-12,16,18,27H,10,13-15,17H2,1H3,(H,35,36)(H,37,41)(H,38,42)/t18-,27-/m1/s1. The van der Waals surface area contributed by atoms with Gasteiger partial charge in [-0.1, -0.05) is 30.3 Å². The Bertz CT molecular complexity index is 1790. The lowest BCUT2D eigenvalue weighted by Gasteiger charge is -2.33. The maximum Gasteiger partial charge on any atom is 0.299 e. The lowest BCUT2D eigenvalue weighted by atomic mass is 10.0. The minimum Gasteiger partial charge on any atom is -0.347 e. The summed E-state index contributed by atoms with van der Waals surface area (Å²) in [6.07, 6.45) is 3.70. The van der Waals surface area contributed by atoms with Crippen molar-refractivity contribution in [3.8, 4) is 21.8 Å². The van der Waals surface area contributed by atoms with Gasteiger partial charge in [-0.3, -0.25) is 14.4 Å². The molecule has 3 amide bonds. The molecule has 4 aromatic rings. The van der Waals surface area contributed by atoms with E-state index in [1.807, 2.05) is 19.1 Å². The van der Waals surface area contributed by atoms with E-state index in [1.54, 1.807) is 30.6 Å². The van der Waals surface area contributed by atoms with Crippen molar-refractivity contribution in [1.82, 2.24) is 25.5 Å². The van der Waals surface area contributed by atoms with E-state index in [2.05, 4.69) is 20.6 Å². The maximum absolute atomic E-state index is 14.9. The minimum atomic E-state index is -3.16. The molecule has 3 aliphatic rings. The third-order valence-electron chi connectivity index (χ3n) is 8.49. The number of rotatable bonds is 7. The monoisotopic (exact) mass is 633 g/mol. The number of ether oxygens (including phenoxy) is 2. The molecule has 2 fully saturated rings. The summed E-state index contributed by atoms with van der Waals surface area (Å²) in [7, 11) is 0. The number of hydrogen-bond donors (Lipinski definition) is 3. The second-order valence-corrected chi connectivity index (χ2v) is 12.3. The Kier molecular flexibility index (Phi) is 7.26. The fourth-order valence-electron chi connectivity index (χ4n) is 6.32. The summed E-state index contributed by atoms with van der Waals surface area (Å²) in [6.45, 7) is 2.21. The van der Waals surface area contributed by atoms with Crippen LogP contribution in [0.25, 0.3) is 21.8 Å². The zero-order chi connectivity index (χ0) is 31.3. The number of carbonyl (C=O) groups excluding carboxylic acids is 3. The molecule has 45 heavy (non-hydrogen) atoms. The SMILES string of the molecule is C[C@@H](NC(=O)[C@H]1N(C(=O)CNC(=O)c2ccc3c(c2)-c2ccccc2C3(F)F)CCC12OCCO2)c1ccc(-c2ncc[nH]2)s1. The van der Waals surface area contributed by atoms with E-state index in [-0.39, 0.29) is 48.1 Å². The fourth-order valence-corrected chi connectivity index (χ4v) is 7.29. The number of aromatic amines is 1. The number of nitrogens with one attached hydrogen (secondary N) is 3. The number of carbonyl (C=O) groups is 3. The third kappa shape index (κ3) is 5.00. The summed E-state index contributed by atoms with van der Waals surface area (Å²) < 4.78 is 41.7. The van der Waals surface area contributed by atoms with Gasteiger partial charge < -0.3 is 30.0 Å². The van der Waals surface area contributed by atoms with Crippen LogP contribution in [-0.2, 0) is 25.0 Å². The Balaban J connectivity index is 1.05. The number of likely N-dealkylation sites (tertiary alicyclic amines) is 1. The molecule has 1 spiro atoms. The Hall–Kier alpha value is -4.46. The van der Waals surface area contributed by atoms with Crippen molar-refractivity contribution in [2.24, 2.45) is 0 Å². The van der Waals surface area contributed by atoms with Gasteiger partial charge in [0.05, 0.1) is 30.7 Å². The molecular formula is C32H29F2N5O5S.